The summed E-state index contributed by atoms with van der Waals surface area (Å²) in [7, 11) is 1.55. The van der Waals surface area contributed by atoms with E-state index in [1.54, 1.807) is 62.7 Å². The molecule has 1 amide bonds. The first-order valence-electron chi connectivity index (χ1n) is 8.80. The van der Waals surface area contributed by atoms with Crippen LogP contribution in [0, 0.1) is 11.3 Å². The Balaban J connectivity index is 2.16. The number of benzene rings is 1. The van der Waals surface area contributed by atoms with E-state index >= 15 is 0 Å². The zero-order valence-corrected chi connectivity index (χ0v) is 15.9. The minimum atomic E-state index is -0.581. The highest BCUT2D eigenvalue weighted by Gasteiger charge is 2.17. The van der Waals surface area contributed by atoms with Crippen LogP contribution in [-0.2, 0) is 4.79 Å². The second-order valence-electron chi connectivity index (χ2n) is 5.87. The molecule has 8 nitrogen and oxygen atoms in total. The fourth-order valence-electron chi connectivity index (χ4n) is 2.59. The summed E-state index contributed by atoms with van der Waals surface area (Å²) in [6, 6.07) is 13.6. The quantitative estimate of drug-likeness (QED) is 0.512. The fourth-order valence-corrected chi connectivity index (χ4v) is 2.59. The van der Waals surface area contributed by atoms with Crippen molar-refractivity contribution in [2.75, 3.05) is 13.7 Å². The van der Waals surface area contributed by atoms with Gasteiger partial charge >= 0.3 is 0 Å². The molecule has 29 heavy (non-hydrogen) atoms. The van der Waals surface area contributed by atoms with E-state index in [2.05, 4.69) is 10.3 Å². The van der Waals surface area contributed by atoms with E-state index in [4.69, 9.17) is 9.47 Å². The number of ether oxygens (including phenoxy) is 2. The van der Waals surface area contributed by atoms with E-state index in [9.17, 15) is 14.9 Å². The number of carbonyl (C=O) groups excluding carboxylic acids is 1. The van der Waals surface area contributed by atoms with Crippen molar-refractivity contribution in [2.24, 2.45) is 0 Å². The average molecular weight is 390 g/mol. The average Bonchev–Trinajstić information content (AvgIpc) is 2.74. The summed E-state index contributed by atoms with van der Waals surface area (Å²) in [6.45, 7) is 2.08. The summed E-state index contributed by atoms with van der Waals surface area (Å²) in [6.07, 6.45) is 2.75. The van der Waals surface area contributed by atoms with E-state index < -0.39 is 11.5 Å². The van der Waals surface area contributed by atoms with Crippen molar-refractivity contribution < 1.29 is 14.3 Å². The molecule has 0 radical (unpaired) electrons. The predicted molar refractivity (Wildman–Crippen MR) is 107 cm³/mol. The molecular weight excluding hydrogens is 372 g/mol. The van der Waals surface area contributed by atoms with E-state index in [1.165, 1.54) is 10.5 Å². The lowest BCUT2D eigenvalue weighted by Gasteiger charge is -2.10. The van der Waals surface area contributed by atoms with Crippen LogP contribution < -0.4 is 20.3 Å². The lowest BCUT2D eigenvalue weighted by atomic mass is 10.1. The van der Waals surface area contributed by atoms with E-state index in [1.807, 2.05) is 6.07 Å². The number of likely N-dealkylation sites (N-methyl/N-ethyl adjacent to an activating group) is 1. The van der Waals surface area contributed by atoms with Crippen molar-refractivity contribution in [2.45, 2.75) is 6.92 Å². The van der Waals surface area contributed by atoms with Crippen molar-refractivity contribution in [3.05, 3.63) is 70.2 Å². The molecule has 0 saturated carbocycles. The molecule has 0 atom stereocenters. The molecule has 1 aromatic carbocycles. The lowest BCUT2D eigenvalue weighted by Crippen LogP contribution is -2.25. The Bertz CT molecular complexity index is 1170. The number of amides is 1. The highest BCUT2D eigenvalue weighted by atomic mass is 16.5. The molecule has 0 spiro atoms. The first kappa shape index (κ1) is 19.6. The fraction of sp³-hybridized carbons (Fsp3) is 0.143. The van der Waals surface area contributed by atoms with Gasteiger partial charge < -0.3 is 14.8 Å². The zero-order valence-electron chi connectivity index (χ0n) is 15.9. The Morgan fingerprint density at radius 2 is 1.97 bits per heavy atom. The molecule has 2 heterocycles. The van der Waals surface area contributed by atoms with Gasteiger partial charge in [-0.15, -0.1) is 0 Å². The van der Waals surface area contributed by atoms with Gasteiger partial charge in [0.15, 0.2) is 0 Å². The molecule has 3 rings (SSSR count). The third kappa shape index (κ3) is 4.25. The summed E-state index contributed by atoms with van der Waals surface area (Å²) in [5.41, 5.74) is -0.320. The molecule has 2 aromatic heterocycles. The molecule has 0 saturated heterocycles. The first-order valence-corrected chi connectivity index (χ1v) is 8.80. The number of nitriles is 1. The number of hydrogen-bond acceptors (Lipinski definition) is 6. The maximum absolute atomic E-state index is 13.0. The second kappa shape index (κ2) is 8.71. The van der Waals surface area contributed by atoms with Crippen molar-refractivity contribution in [3.8, 4) is 23.4 Å². The summed E-state index contributed by atoms with van der Waals surface area (Å²) in [5, 5.41) is 11.9. The molecule has 0 aliphatic heterocycles. The van der Waals surface area contributed by atoms with Crippen molar-refractivity contribution in [1.29, 1.82) is 5.26 Å². The van der Waals surface area contributed by atoms with Gasteiger partial charge in [0.2, 0.25) is 5.88 Å². The SMILES string of the molecule is CCNC(=O)/C(C#N)=C/c1c(Oc2ccc(OC)cc2)nc2ccccn2c1=O. The molecule has 0 aliphatic carbocycles. The number of fused-ring (bicyclic) bond motifs is 1. The molecule has 3 aromatic rings. The standard InChI is InChI=1S/C21H18N4O4/c1-3-23-19(26)14(13-22)12-17-20(29-16-9-7-15(28-2)8-10-16)24-18-6-4-5-11-25(18)21(17)27/h4-12H,3H2,1-2H3,(H,23,26)/b14-12+. The zero-order chi connectivity index (χ0) is 20.8. The largest absolute Gasteiger partial charge is 0.497 e. The molecular formula is C21H18N4O4. The first-order chi connectivity index (χ1) is 14.1. The van der Waals surface area contributed by atoms with E-state index in [0.29, 0.717) is 23.7 Å². The molecule has 146 valence electrons. The number of rotatable bonds is 6. The highest BCUT2D eigenvalue weighted by molar-refractivity contribution is 6.01. The van der Waals surface area contributed by atoms with Gasteiger partial charge in [-0.2, -0.15) is 10.2 Å². The van der Waals surface area contributed by atoms with Gasteiger partial charge in [0.25, 0.3) is 11.5 Å². The highest BCUT2D eigenvalue weighted by Crippen LogP contribution is 2.25. The Morgan fingerprint density at radius 3 is 2.62 bits per heavy atom. The smallest absolute Gasteiger partial charge is 0.269 e. The minimum absolute atomic E-state index is 0.00711. The van der Waals surface area contributed by atoms with Gasteiger partial charge in [0.05, 0.1) is 7.11 Å². The Labute approximate surface area is 166 Å². The van der Waals surface area contributed by atoms with Gasteiger partial charge in [0, 0.05) is 12.7 Å². The van der Waals surface area contributed by atoms with Gasteiger partial charge in [-0.05, 0) is 49.4 Å². The van der Waals surface area contributed by atoms with Gasteiger partial charge in [-0.1, -0.05) is 6.07 Å². The maximum atomic E-state index is 13.0. The van der Waals surface area contributed by atoms with Gasteiger partial charge in [-0.25, -0.2) is 0 Å². The molecule has 0 fully saturated rings. The van der Waals surface area contributed by atoms with E-state index in [-0.39, 0.29) is 17.0 Å². The summed E-state index contributed by atoms with van der Waals surface area (Å²) >= 11 is 0. The number of pyridine rings is 1. The van der Waals surface area contributed by atoms with Crippen molar-refractivity contribution in [3.63, 3.8) is 0 Å². The third-order valence-electron chi connectivity index (χ3n) is 4.00. The van der Waals surface area contributed by atoms with Crippen LogP contribution in [0.4, 0.5) is 0 Å². The number of carbonyl (C=O) groups is 1. The summed E-state index contributed by atoms with van der Waals surface area (Å²) < 4.78 is 12.3. The van der Waals surface area contributed by atoms with Gasteiger partial charge in [-0.3, -0.25) is 14.0 Å². The molecule has 8 heteroatoms. The lowest BCUT2D eigenvalue weighted by molar-refractivity contribution is -0.116. The van der Waals surface area contributed by atoms with Crippen LogP contribution in [-0.4, -0.2) is 28.9 Å². The Morgan fingerprint density at radius 1 is 1.24 bits per heavy atom. The van der Waals surface area contributed by atoms with Crippen LogP contribution in [0.2, 0.25) is 0 Å². The van der Waals surface area contributed by atoms with Crippen LogP contribution in [0.3, 0.4) is 0 Å². The number of methoxy groups -OCH3 is 1. The van der Waals surface area contributed by atoms with E-state index in [0.717, 1.165) is 0 Å². The normalized spacial score (nSPS) is 11.0. The number of nitrogens with one attached hydrogen (secondary N) is 1. The number of aromatic nitrogens is 2. The van der Waals surface area contributed by atoms with Crippen molar-refractivity contribution in [1.82, 2.24) is 14.7 Å². The maximum Gasteiger partial charge on any atom is 0.269 e. The van der Waals surface area contributed by atoms with Crippen molar-refractivity contribution >= 4 is 17.6 Å². The minimum Gasteiger partial charge on any atom is -0.497 e. The Kier molecular flexibility index (Phi) is 5.90. The second-order valence-corrected chi connectivity index (χ2v) is 5.87. The number of nitrogens with zero attached hydrogens (tertiary/aromatic N) is 3. The molecule has 1 N–H and O–H groups in total. The topological polar surface area (TPSA) is 106 Å². The number of hydrogen-bond donors (Lipinski definition) is 1. The third-order valence-corrected chi connectivity index (χ3v) is 4.00. The predicted octanol–water partition coefficient (Wildman–Crippen LogP) is 2.54. The van der Waals surface area contributed by atoms with Crippen LogP contribution in [0.15, 0.2) is 59.0 Å². The van der Waals surface area contributed by atoms with Crippen LogP contribution >= 0.6 is 0 Å². The van der Waals surface area contributed by atoms with Crippen LogP contribution in [0.25, 0.3) is 11.7 Å². The van der Waals surface area contributed by atoms with Crippen LogP contribution in [0.5, 0.6) is 17.4 Å². The van der Waals surface area contributed by atoms with Gasteiger partial charge in [0.1, 0.15) is 34.4 Å². The summed E-state index contributed by atoms with van der Waals surface area (Å²) in [4.78, 5) is 29.5. The molecule has 0 aliphatic rings. The van der Waals surface area contributed by atoms with Crippen LogP contribution in [0.1, 0.15) is 12.5 Å². The monoisotopic (exact) mass is 390 g/mol. The summed E-state index contributed by atoms with van der Waals surface area (Å²) in [5.74, 6) is 0.475. The Hall–Kier alpha value is -4.12. The molecule has 0 unspecified atom stereocenters. The molecule has 0 bridgehead atoms.